The van der Waals surface area contributed by atoms with E-state index in [0.717, 1.165) is 24.8 Å². The molecule has 0 fully saturated rings. The molecule has 0 aliphatic rings. The van der Waals surface area contributed by atoms with Crippen LogP contribution in [-0.4, -0.2) is 17.7 Å². The summed E-state index contributed by atoms with van der Waals surface area (Å²) in [4.78, 5) is 10.3. The summed E-state index contributed by atoms with van der Waals surface area (Å²) in [6, 6.07) is 4.97. The Labute approximate surface area is 119 Å². The maximum absolute atomic E-state index is 13.6. The predicted octanol–water partition coefficient (Wildman–Crippen LogP) is 4.36. The molecule has 0 aliphatic carbocycles. The largest absolute Gasteiger partial charge is 0.491 e. The zero-order valence-corrected chi connectivity index (χ0v) is 12.2. The molecule has 0 aromatic heterocycles. The molecule has 0 radical (unpaired) electrons. The highest BCUT2D eigenvalue weighted by Gasteiger charge is 2.07. The number of carboxylic acids is 1. The summed E-state index contributed by atoms with van der Waals surface area (Å²) in [5, 5.41) is 8.50. The Morgan fingerprint density at radius 2 is 1.95 bits per heavy atom. The second kappa shape index (κ2) is 8.56. The van der Waals surface area contributed by atoms with Gasteiger partial charge in [0.25, 0.3) is 0 Å². The van der Waals surface area contributed by atoms with Crippen molar-refractivity contribution < 1.29 is 19.0 Å². The molecule has 0 unspecified atom stereocenters. The van der Waals surface area contributed by atoms with Crippen molar-refractivity contribution in [2.45, 2.75) is 51.9 Å². The third-order valence-electron chi connectivity index (χ3n) is 3.16. The van der Waals surface area contributed by atoms with Crippen molar-refractivity contribution in [3.05, 3.63) is 29.6 Å². The molecule has 4 heteroatoms. The number of hydrogen-bond donors (Lipinski definition) is 1. The number of carbonyl (C=O) groups is 1. The van der Waals surface area contributed by atoms with Crippen molar-refractivity contribution in [2.24, 2.45) is 0 Å². The molecule has 0 heterocycles. The molecule has 0 bridgehead atoms. The van der Waals surface area contributed by atoms with E-state index in [9.17, 15) is 9.18 Å². The smallest absolute Gasteiger partial charge is 0.303 e. The SMILES string of the molecule is CC(C)c1ccc(F)c(OCCCCCCC(=O)O)c1. The Kier molecular flexibility index (Phi) is 7.05. The van der Waals surface area contributed by atoms with Crippen molar-refractivity contribution in [2.75, 3.05) is 6.61 Å². The lowest BCUT2D eigenvalue weighted by atomic mass is 10.0. The van der Waals surface area contributed by atoms with E-state index in [0.29, 0.717) is 24.7 Å². The van der Waals surface area contributed by atoms with Crippen LogP contribution in [0.3, 0.4) is 0 Å². The highest BCUT2D eigenvalue weighted by molar-refractivity contribution is 5.66. The highest BCUT2D eigenvalue weighted by Crippen LogP contribution is 2.23. The van der Waals surface area contributed by atoms with E-state index < -0.39 is 5.97 Å². The lowest BCUT2D eigenvalue weighted by Gasteiger charge is -2.11. The van der Waals surface area contributed by atoms with Gasteiger partial charge in [-0.3, -0.25) is 4.79 Å². The van der Waals surface area contributed by atoms with E-state index in [1.807, 2.05) is 0 Å². The topological polar surface area (TPSA) is 46.5 Å². The number of halogens is 1. The summed E-state index contributed by atoms with van der Waals surface area (Å²) in [6.07, 6.45) is 3.48. The molecule has 20 heavy (non-hydrogen) atoms. The van der Waals surface area contributed by atoms with Gasteiger partial charge in [-0.1, -0.05) is 32.8 Å². The number of aliphatic carboxylic acids is 1. The van der Waals surface area contributed by atoms with Crippen molar-refractivity contribution in [1.29, 1.82) is 0 Å². The van der Waals surface area contributed by atoms with E-state index >= 15 is 0 Å². The number of carboxylic acid groups (broad SMARTS) is 1. The van der Waals surface area contributed by atoms with Gasteiger partial charge in [-0.25, -0.2) is 4.39 Å². The van der Waals surface area contributed by atoms with E-state index in [1.165, 1.54) is 6.07 Å². The molecule has 0 amide bonds. The van der Waals surface area contributed by atoms with E-state index in [2.05, 4.69) is 13.8 Å². The van der Waals surface area contributed by atoms with Crippen LogP contribution >= 0.6 is 0 Å². The molecule has 112 valence electrons. The zero-order chi connectivity index (χ0) is 15.0. The summed E-state index contributed by atoms with van der Waals surface area (Å²) in [5.41, 5.74) is 1.06. The summed E-state index contributed by atoms with van der Waals surface area (Å²) < 4.78 is 19.0. The predicted molar refractivity (Wildman–Crippen MR) is 76.7 cm³/mol. The van der Waals surface area contributed by atoms with Gasteiger partial charge in [0.15, 0.2) is 11.6 Å². The summed E-state index contributed by atoms with van der Waals surface area (Å²) >= 11 is 0. The minimum absolute atomic E-state index is 0.214. The monoisotopic (exact) mass is 282 g/mol. The number of rotatable bonds is 9. The Hall–Kier alpha value is -1.58. The van der Waals surface area contributed by atoms with E-state index in [1.54, 1.807) is 12.1 Å². The van der Waals surface area contributed by atoms with Crippen molar-refractivity contribution in [3.63, 3.8) is 0 Å². The standard InChI is InChI=1S/C16H23FO3/c1-12(2)13-8-9-14(17)15(11-13)20-10-6-4-3-5-7-16(18)19/h8-9,11-12H,3-7,10H2,1-2H3,(H,18,19). The van der Waals surface area contributed by atoms with Gasteiger partial charge in [0, 0.05) is 6.42 Å². The normalized spacial score (nSPS) is 10.8. The number of ether oxygens (including phenoxy) is 1. The lowest BCUT2D eigenvalue weighted by Crippen LogP contribution is -2.01. The van der Waals surface area contributed by atoms with Crippen molar-refractivity contribution >= 4 is 5.97 Å². The maximum Gasteiger partial charge on any atom is 0.303 e. The maximum atomic E-state index is 13.6. The number of benzene rings is 1. The van der Waals surface area contributed by atoms with E-state index in [4.69, 9.17) is 9.84 Å². The quantitative estimate of drug-likeness (QED) is 0.684. The van der Waals surface area contributed by atoms with Gasteiger partial charge >= 0.3 is 5.97 Å². The van der Waals surface area contributed by atoms with Crippen LogP contribution in [0.1, 0.15) is 57.4 Å². The second-order valence-electron chi connectivity index (χ2n) is 5.25. The molecule has 0 spiro atoms. The molecule has 3 nitrogen and oxygen atoms in total. The minimum Gasteiger partial charge on any atom is -0.491 e. The molecular formula is C16H23FO3. The summed E-state index contributed by atoms with van der Waals surface area (Å²) in [7, 11) is 0. The first-order valence-electron chi connectivity index (χ1n) is 7.14. The van der Waals surface area contributed by atoms with Crippen LogP contribution in [0.5, 0.6) is 5.75 Å². The van der Waals surface area contributed by atoms with Gasteiger partial charge in [-0.2, -0.15) is 0 Å². The minimum atomic E-state index is -0.756. The molecule has 0 atom stereocenters. The molecule has 0 aliphatic heterocycles. The van der Waals surface area contributed by atoms with Gasteiger partial charge in [0.05, 0.1) is 6.61 Å². The van der Waals surface area contributed by atoms with Crippen molar-refractivity contribution in [3.8, 4) is 5.75 Å². The Bertz CT molecular complexity index is 430. The molecular weight excluding hydrogens is 259 g/mol. The van der Waals surface area contributed by atoms with Crippen LogP contribution in [0.4, 0.5) is 4.39 Å². The van der Waals surface area contributed by atoms with Crippen LogP contribution in [0.15, 0.2) is 18.2 Å². The Morgan fingerprint density at radius 1 is 1.25 bits per heavy atom. The summed E-state index contributed by atoms with van der Waals surface area (Å²) in [5.74, 6) is -0.440. The van der Waals surface area contributed by atoms with Gasteiger partial charge < -0.3 is 9.84 Å². The summed E-state index contributed by atoms with van der Waals surface area (Å²) in [6.45, 7) is 4.57. The van der Waals surface area contributed by atoms with Crippen molar-refractivity contribution in [1.82, 2.24) is 0 Å². The second-order valence-corrected chi connectivity index (χ2v) is 5.25. The third kappa shape index (κ3) is 6.04. The molecule has 1 N–H and O–H groups in total. The van der Waals surface area contributed by atoms with Crippen LogP contribution in [0.25, 0.3) is 0 Å². The first kappa shape index (κ1) is 16.5. The molecule has 1 aromatic carbocycles. The fourth-order valence-corrected chi connectivity index (χ4v) is 1.90. The average molecular weight is 282 g/mol. The lowest BCUT2D eigenvalue weighted by molar-refractivity contribution is -0.137. The van der Waals surface area contributed by atoms with Gasteiger partial charge in [-0.05, 0) is 36.5 Å². The fraction of sp³-hybridized carbons (Fsp3) is 0.562. The van der Waals surface area contributed by atoms with E-state index in [-0.39, 0.29) is 12.2 Å². The van der Waals surface area contributed by atoms with Crippen LogP contribution in [0, 0.1) is 5.82 Å². The fourth-order valence-electron chi connectivity index (χ4n) is 1.90. The third-order valence-corrected chi connectivity index (χ3v) is 3.16. The molecule has 1 rings (SSSR count). The van der Waals surface area contributed by atoms with Gasteiger partial charge in [-0.15, -0.1) is 0 Å². The number of unbranched alkanes of at least 4 members (excludes halogenated alkanes) is 3. The molecule has 0 saturated carbocycles. The van der Waals surface area contributed by atoms with Crippen LogP contribution < -0.4 is 4.74 Å². The first-order valence-corrected chi connectivity index (χ1v) is 7.14. The van der Waals surface area contributed by atoms with Crippen LogP contribution in [-0.2, 0) is 4.79 Å². The van der Waals surface area contributed by atoms with Gasteiger partial charge in [0.1, 0.15) is 0 Å². The Morgan fingerprint density at radius 3 is 2.60 bits per heavy atom. The highest BCUT2D eigenvalue weighted by atomic mass is 19.1. The first-order chi connectivity index (χ1) is 9.50. The number of hydrogen-bond acceptors (Lipinski definition) is 2. The molecule has 0 saturated heterocycles. The zero-order valence-electron chi connectivity index (χ0n) is 12.2. The average Bonchev–Trinajstić information content (AvgIpc) is 2.38. The Balaban J connectivity index is 2.28. The van der Waals surface area contributed by atoms with Gasteiger partial charge in [0.2, 0.25) is 0 Å². The van der Waals surface area contributed by atoms with Crippen LogP contribution in [0.2, 0.25) is 0 Å². The molecule has 1 aromatic rings.